The Morgan fingerprint density at radius 2 is 2.60 bits per heavy atom. The van der Waals surface area contributed by atoms with Crippen LogP contribution in [0.4, 0.5) is 0 Å². The van der Waals surface area contributed by atoms with Crippen LogP contribution in [0.15, 0.2) is 16.8 Å². The summed E-state index contributed by atoms with van der Waals surface area (Å²) in [5, 5.41) is 7.33. The van der Waals surface area contributed by atoms with E-state index in [2.05, 4.69) is 5.32 Å². The average molecular weight is 224 g/mol. The zero-order chi connectivity index (χ0) is 10.7. The van der Waals surface area contributed by atoms with Crippen LogP contribution < -0.4 is 5.32 Å². The van der Waals surface area contributed by atoms with Gasteiger partial charge in [0.15, 0.2) is 0 Å². The van der Waals surface area contributed by atoms with Gasteiger partial charge in [0.25, 0.3) is 0 Å². The topological polar surface area (TPSA) is 32.3 Å². The van der Waals surface area contributed by atoms with Gasteiger partial charge in [0.05, 0.1) is 6.42 Å². The molecule has 3 nitrogen and oxygen atoms in total. The molecule has 0 radical (unpaired) electrons. The molecule has 15 heavy (non-hydrogen) atoms. The first-order valence-electron chi connectivity index (χ1n) is 5.25. The summed E-state index contributed by atoms with van der Waals surface area (Å²) in [5.41, 5.74) is 1.13. The summed E-state index contributed by atoms with van der Waals surface area (Å²) in [6, 6.07) is 2.40. The van der Waals surface area contributed by atoms with E-state index in [4.69, 9.17) is 0 Å². The second-order valence-corrected chi connectivity index (χ2v) is 4.74. The molecule has 1 fully saturated rings. The number of hydrogen-bond donors (Lipinski definition) is 1. The maximum atomic E-state index is 11.9. The molecule has 1 aromatic rings. The lowest BCUT2D eigenvalue weighted by Gasteiger charge is -2.23. The highest BCUT2D eigenvalue weighted by atomic mass is 32.1. The molecule has 1 aromatic heterocycles. The van der Waals surface area contributed by atoms with Gasteiger partial charge in [-0.2, -0.15) is 11.3 Å². The minimum atomic E-state index is 0.224. The fraction of sp³-hybridized carbons (Fsp3) is 0.545. The fourth-order valence-electron chi connectivity index (χ4n) is 1.87. The molecule has 1 saturated heterocycles. The first-order valence-corrected chi connectivity index (χ1v) is 6.19. The van der Waals surface area contributed by atoms with Gasteiger partial charge < -0.3 is 10.2 Å². The fourth-order valence-corrected chi connectivity index (χ4v) is 2.53. The Balaban J connectivity index is 1.89. The summed E-state index contributed by atoms with van der Waals surface area (Å²) in [4.78, 5) is 13.8. The minimum absolute atomic E-state index is 0.224. The van der Waals surface area contributed by atoms with Gasteiger partial charge in [0, 0.05) is 19.6 Å². The van der Waals surface area contributed by atoms with Crippen LogP contribution in [0.3, 0.4) is 0 Å². The maximum absolute atomic E-state index is 11.9. The van der Waals surface area contributed by atoms with Gasteiger partial charge in [-0.1, -0.05) is 0 Å². The number of hydrogen-bond acceptors (Lipinski definition) is 3. The largest absolute Gasteiger partial charge is 0.341 e. The van der Waals surface area contributed by atoms with E-state index in [0.29, 0.717) is 12.5 Å². The Hall–Kier alpha value is -0.870. The number of nitrogens with zero attached hydrogens (tertiary/aromatic N) is 1. The molecule has 0 aliphatic carbocycles. The Kier molecular flexibility index (Phi) is 3.38. The van der Waals surface area contributed by atoms with Crippen molar-refractivity contribution >= 4 is 17.2 Å². The van der Waals surface area contributed by atoms with Crippen molar-refractivity contribution in [3.8, 4) is 0 Å². The van der Waals surface area contributed by atoms with Crippen molar-refractivity contribution in [1.82, 2.24) is 10.2 Å². The first-order chi connectivity index (χ1) is 7.27. The molecule has 0 aromatic carbocycles. The molecule has 1 aliphatic rings. The zero-order valence-electron chi connectivity index (χ0n) is 8.90. The van der Waals surface area contributed by atoms with Gasteiger partial charge in [0.2, 0.25) is 5.91 Å². The lowest BCUT2D eigenvalue weighted by atomic mass is 10.2. The van der Waals surface area contributed by atoms with Crippen molar-refractivity contribution in [2.75, 3.05) is 20.1 Å². The molecule has 1 N–H and O–H groups in total. The average Bonchev–Trinajstić information content (AvgIpc) is 2.88. The van der Waals surface area contributed by atoms with Crippen molar-refractivity contribution < 1.29 is 4.79 Å². The van der Waals surface area contributed by atoms with Crippen molar-refractivity contribution in [3.05, 3.63) is 22.4 Å². The van der Waals surface area contributed by atoms with Gasteiger partial charge in [-0.3, -0.25) is 4.79 Å². The van der Waals surface area contributed by atoms with Crippen LogP contribution in [0.25, 0.3) is 0 Å². The van der Waals surface area contributed by atoms with Gasteiger partial charge in [-0.05, 0) is 35.4 Å². The number of carbonyl (C=O) groups is 1. The third-order valence-corrected chi connectivity index (χ3v) is 3.64. The number of rotatable bonds is 3. The molecular weight excluding hydrogens is 208 g/mol. The van der Waals surface area contributed by atoms with Crippen LogP contribution in [0, 0.1) is 0 Å². The summed E-state index contributed by atoms with van der Waals surface area (Å²) < 4.78 is 0. The highest BCUT2D eigenvalue weighted by Gasteiger charge is 2.22. The quantitative estimate of drug-likeness (QED) is 0.834. The van der Waals surface area contributed by atoms with Gasteiger partial charge in [-0.25, -0.2) is 0 Å². The third-order valence-electron chi connectivity index (χ3n) is 2.91. The van der Waals surface area contributed by atoms with Gasteiger partial charge in [0.1, 0.15) is 0 Å². The summed E-state index contributed by atoms with van der Waals surface area (Å²) in [7, 11) is 1.91. The molecule has 82 valence electrons. The highest BCUT2D eigenvalue weighted by molar-refractivity contribution is 7.07. The third kappa shape index (κ3) is 2.58. The Bertz CT molecular complexity index is 317. The summed E-state index contributed by atoms with van der Waals surface area (Å²) in [6.07, 6.45) is 1.61. The standard InChI is InChI=1S/C11H16N2OS/c1-13(10-2-4-12-7-10)11(14)6-9-3-5-15-8-9/h3,5,8,10,12H,2,4,6-7H2,1H3/t10-/m1/s1. The first kappa shape index (κ1) is 10.6. The smallest absolute Gasteiger partial charge is 0.227 e. The normalized spacial score (nSPS) is 20.5. The molecule has 4 heteroatoms. The number of nitrogens with one attached hydrogen (secondary N) is 1. The predicted molar refractivity (Wildman–Crippen MR) is 62.1 cm³/mol. The molecule has 1 amide bonds. The summed E-state index contributed by atoms with van der Waals surface area (Å²) in [6.45, 7) is 1.96. The van der Waals surface area contributed by atoms with E-state index < -0.39 is 0 Å². The molecule has 1 aliphatic heterocycles. The van der Waals surface area contributed by atoms with Crippen molar-refractivity contribution in [2.45, 2.75) is 18.9 Å². The summed E-state index contributed by atoms with van der Waals surface area (Å²) in [5.74, 6) is 0.224. The summed E-state index contributed by atoms with van der Waals surface area (Å²) >= 11 is 1.64. The zero-order valence-corrected chi connectivity index (χ0v) is 9.72. The van der Waals surface area contributed by atoms with E-state index in [9.17, 15) is 4.79 Å². The molecule has 0 bridgehead atoms. The van der Waals surface area contributed by atoms with Gasteiger partial charge >= 0.3 is 0 Å². The van der Waals surface area contributed by atoms with Gasteiger partial charge in [-0.15, -0.1) is 0 Å². The van der Waals surface area contributed by atoms with Crippen LogP contribution in [-0.2, 0) is 11.2 Å². The van der Waals surface area contributed by atoms with Crippen molar-refractivity contribution in [3.63, 3.8) is 0 Å². The van der Waals surface area contributed by atoms with E-state index in [0.717, 1.165) is 25.1 Å². The number of thiophene rings is 1. The van der Waals surface area contributed by atoms with E-state index in [1.165, 1.54) is 0 Å². The Labute approximate surface area is 94.1 Å². The molecule has 0 unspecified atom stereocenters. The lowest BCUT2D eigenvalue weighted by molar-refractivity contribution is -0.130. The minimum Gasteiger partial charge on any atom is -0.341 e. The van der Waals surface area contributed by atoms with E-state index in [1.54, 1.807) is 11.3 Å². The molecule has 0 spiro atoms. The molecule has 2 heterocycles. The van der Waals surface area contributed by atoms with E-state index >= 15 is 0 Å². The van der Waals surface area contributed by atoms with Crippen LogP contribution in [0.5, 0.6) is 0 Å². The SMILES string of the molecule is CN(C(=O)Cc1ccsc1)[C@@H]1CCNC1. The van der Waals surface area contributed by atoms with Crippen molar-refractivity contribution in [2.24, 2.45) is 0 Å². The molecule has 2 rings (SSSR count). The number of amides is 1. The van der Waals surface area contributed by atoms with Crippen molar-refractivity contribution in [1.29, 1.82) is 0 Å². The van der Waals surface area contributed by atoms with E-state index in [1.807, 2.05) is 28.8 Å². The monoisotopic (exact) mass is 224 g/mol. The number of likely N-dealkylation sites (N-methyl/N-ethyl adjacent to an activating group) is 1. The molecule has 0 saturated carbocycles. The highest BCUT2D eigenvalue weighted by Crippen LogP contribution is 2.11. The van der Waals surface area contributed by atoms with Crippen LogP contribution in [-0.4, -0.2) is 37.0 Å². The maximum Gasteiger partial charge on any atom is 0.227 e. The predicted octanol–water partition coefficient (Wildman–Crippen LogP) is 1.11. The molecule has 1 atom stereocenters. The second-order valence-electron chi connectivity index (χ2n) is 3.96. The second kappa shape index (κ2) is 4.77. The van der Waals surface area contributed by atoms with Crippen LogP contribution in [0.1, 0.15) is 12.0 Å². The van der Waals surface area contributed by atoms with Crippen LogP contribution >= 0.6 is 11.3 Å². The Morgan fingerprint density at radius 3 is 3.20 bits per heavy atom. The lowest BCUT2D eigenvalue weighted by Crippen LogP contribution is -2.39. The van der Waals surface area contributed by atoms with E-state index in [-0.39, 0.29) is 5.91 Å². The Morgan fingerprint density at radius 1 is 1.73 bits per heavy atom. The number of carbonyl (C=O) groups excluding carboxylic acids is 1. The van der Waals surface area contributed by atoms with Crippen LogP contribution in [0.2, 0.25) is 0 Å². The molecular formula is C11H16N2OS.